The van der Waals surface area contributed by atoms with E-state index >= 15 is 0 Å². The molecule has 1 aromatic carbocycles. The molecular weight excluding hydrogens is 310 g/mol. The van der Waals surface area contributed by atoms with Crippen molar-refractivity contribution in [2.75, 3.05) is 5.32 Å². The molecule has 1 amide bonds. The summed E-state index contributed by atoms with van der Waals surface area (Å²) in [5.41, 5.74) is 4.35. The lowest BCUT2D eigenvalue weighted by Gasteiger charge is -2.13. The predicted molar refractivity (Wildman–Crippen MR) is 91.5 cm³/mol. The summed E-state index contributed by atoms with van der Waals surface area (Å²) in [4.78, 5) is 27.9. The number of hydrogen-bond donors (Lipinski definition) is 2. The molecule has 1 atom stereocenters. The second-order valence-corrected chi connectivity index (χ2v) is 6.68. The van der Waals surface area contributed by atoms with Crippen molar-refractivity contribution in [3.8, 4) is 0 Å². The second-order valence-electron chi connectivity index (χ2n) is 5.35. The summed E-state index contributed by atoms with van der Waals surface area (Å²) in [7, 11) is 0. The van der Waals surface area contributed by atoms with E-state index in [1.807, 2.05) is 39.0 Å². The van der Waals surface area contributed by atoms with Crippen LogP contribution in [0.3, 0.4) is 0 Å². The molecule has 118 valence electrons. The van der Waals surface area contributed by atoms with Crippen LogP contribution in [-0.4, -0.2) is 31.1 Å². The maximum atomic E-state index is 12.5. The zero-order valence-electron chi connectivity index (χ0n) is 13.1. The minimum atomic E-state index is -0.295. The number of amides is 1. The molecule has 1 unspecified atom stereocenters. The molecular formula is C16H17N5OS. The number of aromatic amines is 1. The summed E-state index contributed by atoms with van der Waals surface area (Å²) in [6.45, 7) is 5.84. The Kier molecular flexibility index (Phi) is 4.29. The molecule has 2 heterocycles. The van der Waals surface area contributed by atoms with Gasteiger partial charge in [-0.25, -0.2) is 15.0 Å². The first-order valence-corrected chi connectivity index (χ1v) is 8.11. The maximum absolute atomic E-state index is 12.5. The molecule has 0 saturated carbocycles. The van der Waals surface area contributed by atoms with Crippen LogP contribution in [0.5, 0.6) is 0 Å². The molecule has 2 N–H and O–H groups in total. The number of nitrogens with zero attached hydrogens (tertiary/aromatic N) is 3. The van der Waals surface area contributed by atoms with E-state index in [-0.39, 0.29) is 11.2 Å². The van der Waals surface area contributed by atoms with Crippen molar-refractivity contribution in [3.05, 3.63) is 42.0 Å². The normalized spacial score (nSPS) is 12.3. The molecule has 7 heteroatoms. The van der Waals surface area contributed by atoms with Gasteiger partial charge in [-0.2, -0.15) is 0 Å². The Labute approximate surface area is 138 Å². The average molecular weight is 327 g/mol. The topological polar surface area (TPSA) is 83.6 Å². The molecule has 0 fully saturated rings. The van der Waals surface area contributed by atoms with Crippen LogP contribution in [0.2, 0.25) is 0 Å². The van der Waals surface area contributed by atoms with Crippen LogP contribution in [0.4, 0.5) is 5.69 Å². The first kappa shape index (κ1) is 15.5. The van der Waals surface area contributed by atoms with E-state index in [1.54, 1.807) is 6.33 Å². The molecule has 0 radical (unpaired) electrons. The van der Waals surface area contributed by atoms with Crippen molar-refractivity contribution in [1.82, 2.24) is 19.9 Å². The van der Waals surface area contributed by atoms with Crippen LogP contribution >= 0.6 is 11.8 Å². The molecule has 0 spiro atoms. The molecule has 0 aliphatic heterocycles. The van der Waals surface area contributed by atoms with Gasteiger partial charge in [-0.1, -0.05) is 23.9 Å². The molecule has 0 saturated heterocycles. The zero-order chi connectivity index (χ0) is 16.4. The van der Waals surface area contributed by atoms with Crippen molar-refractivity contribution in [1.29, 1.82) is 0 Å². The Morgan fingerprint density at radius 1 is 1.26 bits per heavy atom. The number of rotatable bonds is 4. The Hall–Kier alpha value is -2.41. The second kappa shape index (κ2) is 6.37. The number of aromatic nitrogens is 4. The van der Waals surface area contributed by atoms with E-state index in [0.717, 1.165) is 27.4 Å². The van der Waals surface area contributed by atoms with Crippen molar-refractivity contribution in [3.63, 3.8) is 0 Å². The van der Waals surface area contributed by atoms with E-state index in [2.05, 4.69) is 25.3 Å². The van der Waals surface area contributed by atoms with Gasteiger partial charge in [0.05, 0.1) is 11.6 Å². The van der Waals surface area contributed by atoms with Gasteiger partial charge in [0.1, 0.15) is 16.9 Å². The fraction of sp³-hybridized carbons (Fsp3) is 0.250. The Morgan fingerprint density at radius 3 is 2.91 bits per heavy atom. The third-order valence-electron chi connectivity index (χ3n) is 3.50. The minimum Gasteiger partial charge on any atom is -0.341 e. The summed E-state index contributed by atoms with van der Waals surface area (Å²) in [6.07, 6.45) is 3.03. The van der Waals surface area contributed by atoms with Gasteiger partial charge in [-0.05, 0) is 38.0 Å². The monoisotopic (exact) mass is 327 g/mol. The average Bonchev–Trinajstić information content (AvgIpc) is 3.00. The smallest absolute Gasteiger partial charge is 0.237 e. The highest BCUT2D eigenvalue weighted by Gasteiger charge is 2.18. The van der Waals surface area contributed by atoms with Crippen LogP contribution < -0.4 is 5.32 Å². The molecule has 23 heavy (non-hydrogen) atoms. The zero-order valence-corrected chi connectivity index (χ0v) is 13.9. The molecule has 3 rings (SSSR count). The fourth-order valence-corrected chi connectivity index (χ4v) is 3.03. The van der Waals surface area contributed by atoms with E-state index in [4.69, 9.17) is 0 Å². The van der Waals surface area contributed by atoms with Crippen LogP contribution in [-0.2, 0) is 4.79 Å². The van der Waals surface area contributed by atoms with Gasteiger partial charge in [0.15, 0.2) is 5.65 Å². The molecule has 0 bridgehead atoms. The SMILES string of the molecule is Cc1ccc(C)c(NC(=O)C(C)Sc2ncnc3nc[nH]c23)c1. The third-order valence-corrected chi connectivity index (χ3v) is 4.60. The Morgan fingerprint density at radius 2 is 2.09 bits per heavy atom. The van der Waals surface area contributed by atoms with Crippen molar-refractivity contribution in [2.45, 2.75) is 31.0 Å². The minimum absolute atomic E-state index is 0.0602. The fourth-order valence-electron chi connectivity index (χ4n) is 2.16. The number of fused-ring (bicyclic) bond motifs is 1. The van der Waals surface area contributed by atoms with E-state index in [9.17, 15) is 4.79 Å². The number of carbonyl (C=O) groups excluding carboxylic acids is 1. The Bertz CT molecular complexity index is 861. The molecule has 0 aliphatic rings. The van der Waals surface area contributed by atoms with Gasteiger partial charge in [-0.15, -0.1) is 0 Å². The number of imidazole rings is 1. The lowest BCUT2D eigenvalue weighted by atomic mass is 10.1. The number of carbonyl (C=O) groups is 1. The van der Waals surface area contributed by atoms with Crippen LogP contribution in [0.15, 0.2) is 35.9 Å². The van der Waals surface area contributed by atoms with E-state index in [0.29, 0.717) is 5.65 Å². The van der Waals surface area contributed by atoms with Crippen LogP contribution in [0, 0.1) is 13.8 Å². The highest BCUT2D eigenvalue weighted by Crippen LogP contribution is 2.27. The summed E-state index contributed by atoms with van der Waals surface area (Å²) in [6, 6.07) is 6.00. The van der Waals surface area contributed by atoms with Gasteiger partial charge < -0.3 is 10.3 Å². The Balaban J connectivity index is 1.75. The number of aryl methyl sites for hydroxylation is 2. The number of anilines is 1. The van der Waals surface area contributed by atoms with Gasteiger partial charge in [0, 0.05) is 5.69 Å². The highest BCUT2D eigenvalue weighted by atomic mass is 32.2. The standard InChI is InChI=1S/C16H17N5OS/c1-9-4-5-10(2)12(6-9)21-15(22)11(3)23-16-13-14(18-7-17-13)19-8-20-16/h4-8,11H,1-3H3,(H,21,22)(H,17,18,19,20). The highest BCUT2D eigenvalue weighted by molar-refractivity contribution is 8.00. The van der Waals surface area contributed by atoms with Gasteiger partial charge in [-0.3, -0.25) is 4.79 Å². The summed E-state index contributed by atoms with van der Waals surface area (Å²) in [5, 5.41) is 3.41. The van der Waals surface area contributed by atoms with Gasteiger partial charge >= 0.3 is 0 Å². The van der Waals surface area contributed by atoms with Crippen molar-refractivity contribution in [2.24, 2.45) is 0 Å². The van der Waals surface area contributed by atoms with Gasteiger partial charge in [0.25, 0.3) is 0 Å². The van der Waals surface area contributed by atoms with Crippen LogP contribution in [0.25, 0.3) is 11.2 Å². The first-order valence-electron chi connectivity index (χ1n) is 7.23. The van der Waals surface area contributed by atoms with Gasteiger partial charge in [0.2, 0.25) is 5.91 Å². The van der Waals surface area contributed by atoms with Crippen molar-refractivity contribution < 1.29 is 4.79 Å². The first-order chi connectivity index (χ1) is 11.0. The number of thioether (sulfide) groups is 1. The molecule has 0 aliphatic carbocycles. The van der Waals surface area contributed by atoms with E-state index < -0.39 is 0 Å². The number of nitrogens with one attached hydrogen (secondary N) is 2. The predicted octanol–water partition coefficient (Wildman–Crippen LogP) is 3.09. The maximum Gasteiger partial charge on any atom is 0.237 e. The quantitative estimate of drug-likeness (QED) is 0.568. The summed E-state index contributed by atoms with van der Waals surface area (Å²) in [5.74, 6) is -0.0602. The molecule has 2 aromatic heterocycles. The summed E-state index contributed by atoms with van der Waals surface area (Å²) >= 11 is 1.38. The molecule has 6 nitrogen and oxygen atoms in total. The largest absolute Gasteiger partial charge is 0.341 e. The number of hydrogen-bond acceptors (Lipinski definition) is 5. The lowest BCUT2D eigenvalue weighted by Crippen LogP contribution is -2.23. The van der Waals surface area contributed by atoms with Crippen LogP contribution in [0.1, 0.15) is 18.1 Å². The van der Waals surface area contributed by atoms with E-state index in [1.165, 1.54) is 18.1 Å². The van der Waals surface area contributed by atoms with Crippen molar-refractivity contribution >= 4 is 34.5 Å². The third kappa shape index (κ3) is 3.34. The summed E-state index contributed by atoms with van der Waals surface area (Å²) < 4.78 is 0. The lowest BCUT2D eigenvalue weighted by molar-refractivity contribution is -0.115. The number of benzene rings is 1. The number of H-pyrrole nitrogens is 1. The molecule has 3 aromatic rings.